The van der Waals surface area contributed by atoms with Crippen LogP contribution in [-0.4, -0.2) is 16.9 Å². The summed E-state index contributed by atoms with van der Waals surface area (Å²) < 4.78 is 0. The highest BCUT2D eigenvalue weighted by Gasteiger charge is 2.19. The average molecular weight is 241 g/mol. The summed E-state index contributed by atoms with van der Waals surface area (Å²) in [7, 11) is 0. The molecule has 0 aliphatic carbocycles. The standard InChI is InChI=1S/C11H19N3OS/c1-4-7(2)10(12)11(15)13-5-9-8(3)14-6-16-9/h6-7,10H,4-5,12H2,1-3H3,(H,13,15). The first-order chi connectivity index (χ1) is 7.56. The number of hydrogen-bond acceptors (Lipinski definition) is 4. The Labute approximate surface area is 100 Å². The fourth-order valence-corrected chi connectivity index (χ4v) is 2.01. The van der Waals surface area contributed by atoms with E-state index in [9.17, 15) is 4.79 Å². The zero-order chi connectivity index (χ0) is 12.1. The molecule has 0 aliphatic heterocycles. The molecular formula is C11H19N3OS. The Morgan fingerprint density at radius 1 is 1.69 bits per heavy atom. The molecule has 1 rings (SSSR count). The second kappa shape index (κ2) is 5.96. The number of nitrogens with one attached hydrogen (secondary N) is 1. The highest BCUT2D eigenvalue weighted by Crippen LogP contribution is 2.12. The van der Waals surface area contributed by atoms with Gasteiger partial charge in [0.15, 0.2) is 0 Å². The van der Waals surface area contributed by atoms with Gasteiger partial charge in [0.1, 0.15) is 0 Å². The third-order valence-corrected chi connectivity index (χ3v) is 3.76. The van der Waals surface area contributed by atoms with E-state index in [-0.39, 0.29) is 11.8 Å². The van der Waals surface area contributed by atoms with Crippen molar-refractivity contribution in [3.05, 3.63) is 16.1 Å². The summed E-state index contributed by atoms with van der Waals surface area (Å²) in [5.74, 6) is 0.129. The summed E-state index contributed by atoms with van der Waals surface area (Å²) in [4.78, 5) is 16.9. The van der Waals surface area contributed by atoms with Gasteiger partial charge >= 0.3 is 0 Å². The maximum atomic E-state index is 11.7. The first-order valence-corrected chi connectivity index (χ1v) is 6.36. The minimum absolute atomic E-state index is 0.0813. The Bertz CT molecular complexity index is 351. The number of rotatable bonds is 5. The third kappa shape index (κ3) is 3.28. The molecule has 1 aromatic rings. The number of nitrogens with zero attached hydrogens (tertiary/aromatic N) is 1. The SMILES string of the molecule is CCC(C)C(N)C(=O)NCc1scnc1C. The maximum Gasteiger partial charge on any atom is 0.237 e. The molecule has 0 spiro atoms. The Morgan fingerprint density at radius 2 is 2.38 bits per heavy atom. The second-order valence-electron chi connectivity index (χ2n) is 3.99. The van der Waals surface area contributed by atoms with E-state index in [0.717, 1.165) is 17.0 Å². The summed E-state index contributed by atoms with van der Waals surface area (Å²) in [6, 6.07) is -0.418. The summed E-state index contributed by atoms with van der Waals surface area (Å²) in [5.41, 5.74) is 8.58. The summed E-state index contributed by atoms with van der Waals surface area (Å²) >= 11 is 1.55. The molecule has 1 aromatic heterocycles. The van der Waals surface area contributed by atoms with Crippen LogP contribution in [0.3, 0.4) is 0 Å². The lowest BCUT2D eigenvalue weighted by atomic mass is 9.99. The van der Waals surface area contributed by atoms with Crippen molar-refractivity contribution in [2.45, 2.75) is 39.8 Å². The van der Waals surface area contributed by atoms with Crippen LogP contribution in [0.5, 0.6) is 0 Å². The molecule has 16 heavy (non-hydrogen) atoms. The van der Waals surface area contributed by atoms with E-state index >= 15 is 0 Å². The van der Waals surface area contributed by atoms with Crippen molar-refractivity contribution in [2.24, 2.45) is 11.7 Å². The van der Waals surface area contributed by atoms with Crippen molar-refractivity contribution in [1.82, 2.24) is 10.3 Å². The lowest BCUT2D eigenvalue weighted by Gasteiger charge is -2.17. The summed E-state index contributed by atoms with van der Waals surface area (Å²) in [6.07, 6.45) is 0.911. The van der Waals surface area contributed by atoms with Gasteiger partial charge < -0.3 is 11.1 Å². The first-order valence-electron chi connectivity index (χ1n) is 5.48. The Hall–Kier alpha value is -0.940. The van der Waals surface area contributed by atoms with E-state index in [1.165, 1.54) is 0 Å². The fraction of sp³-hybridized carbons (Fsp3) is 0.636. The largest absolute Gasteiger partial charge is 0.350 e. The number of amides is 1. The highest BCUT2D eigenvalue weighted by atomic mass is 32.1. The predicted octanol–water partition coefficient (Wildman–Crippen LogP) is 1.44. The number of thiazole rings is 1. The second-order valence-corrected chi connectivity index (χ2v) is 4.93. The van der Waals surface area contributed by atoms with Gasteiger partial charge in [-0.2, -0.15) is 0 Å². The van der Waals surface area contributed by atoms with Gasteiger partial charge in [-0.3, -0.25) is 4.79 Å². The molecule has 2 unspecified atom stereocenters. The molecule has 0 saturated heterocycles. The van der Waals surface area contributed by atoms with Crippen LogP contribution >= 0.6 is 11.3 Å². The van der Waals surface area contributed by atoms with Crippen LogP contribution in [0.4, 0.5) is 0 Å². The number of aromatic nitrogens is 1. The van der Waals surface area contributed by atoms with Crippen molar-refractivity contribution in [3.8, 4) is 0 Å². The van der Waals surface area contributed by atoms with Crippen molar-refractivity contribution in [2.75, 3.05) is 0 Å². The van der Waals surface area contributed by atoms with Gasteiger partial charge in [0.05, 0.1) is 23.8 Å². The molecule has 2 atom stereocenters. The van der Waals surface area contributed by atoms with Crippen molar-refractivity contribution in [3.63, 3.8) is 0 Å². The van der Waals surface area contributed by atoms with Gasteiger partial charge in [-0.05, 0) is 12.8 Å². The molecule has 0 saturated carbocycles. The van der Waals surface area contributed by atoms with Crippen LogP contribution in [0.15, 0.2) is 5.51 Å². The molecule has 0 aliphatic rings. The molecule has 0 fully saturated rings. The Morgan fingerprint density at radius 3 is 2.88 bits per heavy atom. The predicted molar refractivity (Wildman–Crippen MR) is 66.1 cm³/mol. The van der Waals surface area contributed by atoms with Crippen LogP contribution in [-0.2, 0) is 11.3 Å². The average Bonchev–Trinajstić information content (AvgIpc) is 2.69. The molecule has 5 heteroatoms. The van der Waals surface area contributed by atoms with Gasteiger partial charge in [-0.1, -0.05) is 20.3 Å². The number of hydrogen-bond donors (Lipinski definition) is 2. The molecule has 0 bridgehead atoms. The topological polar surface area (TPSA) is 68.0 Å². The fourth-order valence-electron chi connectivity index (χ4n) is 1.29. The highest BCUT2D eigenvalue weighted by molar-refractivity contribution is 7.09. The number of nitrogens with two attached hydrogens (primary N) is 1. The minimum atomic E-state index is -0.418. The Balaban J connectivity index is 2.44. The molecule has 0 aromatic carbocycles. The normalized spacial score (nSPS) is 14.5. The van der Waals surface area contributed by atoms with Gasteiger partial charge in [-0.15, -0.1) is 11.3 Å². The van der Waals surface area contributed by atoms with Crippen molar-refractivity contribution < 1.29 is 4.79 Å². The lowest BCUT2D eigenvalue weighted by Crippen LogP contribution is -2.44. The van der Waals surface area contributed by atoms with Crippen LogP contribution in [0.1, 0.15) is 30.8 Å². The van der Waals surface area contributed by atoms with E-state index < -0.39 is 6.04 Å². The smallest absolute Gasteiger partial charge is 0.237 e. The van der Waals surface area contributed by atoms with E-state index in [0.29, 0.717) is 6.54 Å². The van der Waals surface area contributed by atoms with E-state index in [2.05, 4.69) is 10.3 Å². The van der Waals surface area contributed by atoms with Crippen LogP contribution in [0.25, 0.3) is 0 Å². The molecule has 1 heterocycles. The van der Waals surface area contributed by atoms with Crippen molar-refractivity contribution in [1.29, 1.82) is 0 Å². The zero-order valence-corrected chi connectivity index (χ0v) is 10.8. The molecule has 1 amide bonds. The van der Waals surface area contributed by atoms with Crippen LogP contribution in [0, 0.1) is 12.8 Å². The monoisotopic (exact) mass is 241 g/mol. The molecule has 4 nitrogen and oxygen atoms in total. The van der Waals surface area contributed by atoms with Crippen molar-refractivity contribution >= 4 is 17.2 Å². The van der Waals surface area contributed by atoms with Gasteiger partial charge in [-0.25, -0.2) is 4.98 Å². The maximum absolute atomic E-state index is 11.7. The van der Waals surface area contributed by atoms with E-state index in [1.807, 2.05) is 20.8 Å². The molecule has 0 radical (unpaired) electrons. The number of carbonyl (C=O) groups excluding carboxylic acids is 1. The summed E-state index contributed by atoms with van der Waals surface area (Å²) in [6.45, 7) is 6.49. The van der Waals surface area contributed by atoms with E-state index in [4.69, 9.17) is 5.73 Å². The summed E-state index contributed by atoms with van der Waals surface area (Å²) in [5, 5.41) is 2.85. The molecule has 90 valence electrons. The van der Waals surface area contributed by atoms with E-state index in [1.54, 1.807) is 16.8 Å². The number of carbonyl (C=O) groups is 1. The minimum Gasteiger partial charge on any atom is -0.350 e. The lowest BCUT2D eigenvalue weighted by molar-refractivity contribution is -0.123. The van der Waals surface area contributed by atoms with Crippen LogP contribution < -0.4 is 11.1 Å². The number of aryl methyl sites for hydroxylation is 1. The van der Waals surface area contributed by atoms with Gasteiger partial charge in [0, 0.05) is 4.88 Å². The third-order valence-electron chi connectivity index (χ3n) is 2.83. The zero-order valence-electron chi connectivity index (χ0n) is 9.99. The van der Waals surface area contributed by atoms with Gasteiger partial charge in [0.2, 0.25) is 5.91 Å². The van der Waals surface area contributed by atoms with Crippen LogP contribution in [0.2, 0.25) is 0 Å². The molecular weight excluding hydrogens is 222 g/mol. The molecule has 3 N–H and O–H groups in total. The quantitative estimate of drug-likeness (QED) is 0.819. The first kappa shape index (κ1) is 13.1. The van der Waals surface area contributed by atoms with Gasteiger partial charge in [0.25, 0.3) is 0 Å². The Kier molecular flexibility index (Phi) is 4.89.